The number of hydrogen-bond acceptors (Lipinski definition) is 4. The zero-order valence-corrected chi connectivity index (χ0v) is 21.1. The van der Waals surface area contributed by atoms with Crippen molar-refractivity contribution < 1.29 is 9.47 Å². The lowest BCUT2D eigenvalue weighted by molar-refractivity contribution is 0.261. The Morgan fingerprint density at radius 3 is 2.11 bits per heavy atom. The van der Waals surface area contributed by atoms with Crippen LogP contribution in [0, 0.1) is 0 Å². The third-order valence-corrected chi connectivity index (χ3v) is 4.98. The predicted octanol–water partition coefficient (Wildman–Crippen LogP) is 6.08. The topological polar surface area (TPSA) is 33.7 Å². The van der Waals surface area contributed by atoms with Crippen molar-refractivity contribution in [2.45, 2.75) is 59.4 Å². The van der Waals surface area contributed by atoms with Crippen LogP contribution in [0.25, 0.3) is 0 Å². The van der Waals surface area contributed by atoms with Gasteiger partial charge in [-0.05, 0) is 86.0 Å². The summed E-state index contributed by atoms with van der Waals surface area (Å²) in [5.41, 5.74) is 1.20. The fourth-order valence-corrected chi connectivity index (χ4v) is 3.52. The summed E-state index contributed by atoms with van der Waals surface area (Å²) in [7, 11) is 1.68. The van der Waals surface area contributed by atoms with E-state index in [-0.39, 0.29) is 24.8 Å². The van der Waals surface area contributed by atoms with Gasteiger partial charge < -0.3 is 19.7 Å². The molecular formula is C21H39BrCl2N2O2. The van der Waals surface area contributed by atoms with Crippen LogP contribution in [-0.4, -0.2) is 44.8 Å². The minimum absolute atomic E-state index is 0. The van der Waals surface area contributed by atoms with Gasteiger partial charge in [-0.25, -0.2) is 0 Å². The Labute approximate surface area is 193 Å². The van der Waals surface area contributed by atoms with Gasteiger partial charge in [0, 0.05) is 6.54 Å². The van der Waals surface area contributed by atoms with Gasteiger partial charge in [-0.3, -0.25) is 0 Å². The Morgan fingerprint density at radius 1 is 0.964 bits per heavy atom. The molecule has 28 heavy (non-hydrogen) atoms. The molecule has 0 radical (unpaired) electrons. The smallest absolute Gasteiger partial charge is 0.175 e. The fraction of sp³-hybridized carbons (Fsp3) is 0.714. The van der Waals surface area contributed by atoms with Gasteiger partial charge in [0.15, 0.2) is 11.5 Å². The molecule has 0 heterocycles. The van der Waals surface area contributed by atoms with Gasteiger partial charge in [0.1, 0.15) is 0 Å². The molecule has 1 N–H and O–H groups in total. The van der Waals surface area contributed by atoms with Crippen LogP contribution in [0.2, 0.25) is 0 Å². The van der Waals surface area contributed by atoms with Crippen molar-refractivity contribution in [2.75, 3.05) is 39.9 Å². The van der Waals surface area contributed by atoms with Crippen molar-refractivity contribution in [3.05, 3.63) is 22.2 Å². The van der Waals surface area contributed by atoms with Gasteiger partial charge in [0.05, 0.1) is 18.2 Å². The van der Waals surface area contributed by atoms with Crippen molar-refractivity contribution in [3.63, 3.8) is 0 Å². The Kier molecular flexibility index (Phi) is 20.1. The highest BCUT2D eigenvalue weighted by atomic mass is 79.9. The van der Waals surface area contributed by atoms with Crippen LogP contribution < -0.4 is 14.8 Å². The van der Waals surface area contributed by atoms with Gasteiger partial charge in [-0.2, -0.15) is 0 Å². The summed E-state index contributed by atoms with van der Waals surface area (Å²) >= 11 is 3.59. The number of ether oxygens (including phenoxy) is 2. The number of benzene rings is 1. The number of hydrogen-bond donors (Lipinski definition) is 1. The van der Waals surface area contributed by atoms with Crippen LogP contribution in [0.15, 0.2) is 16.6 Å². The number of methoxy groups -OCH3 is 1. The largest absolute Gasteiger partial charge is 0.493 e. The summed E-state index contributed by atoms with van der Waals surface area (Å²) in [6.45, 7) is 12.7. The molecule has 0 spiro atoms. The molecule has 7 heteroatoms. The second-order valence-electron chi connectivity index (χ2n) is 6.62. The number of nitrogens with one attached hydrogen (secondary N) is 1. The second-order valence-corrected chi connectivity index (χ2v) is 7.48. The molecule has 0 amide bonds. The van der Waals surface area contributed by atoms with E-state index >= 15 is 0 Å². The van der Waals surface area contributed by atoms with Crippen molar-refractivity contribution in [1.29, 1.82) is 0 Å². The fourth-order valence-electron chi connectivity index (χ4n) is 2.92. The van der Waals surface area contributed by atoms with Gasteiger partial charge >= 0.3 is 0 Å². The van der Waals surface area contributed by atoms with E-state index in [0.29, 0.717) is 6.61 Å². The van der Waals surface area contributed by atoms with Crippen LogP contribution in [0.3, 0.4) is 0 Å². The molecule has 0 aromatic heterocycles. The maximum Gasteiger partial charge on any atom is 0.175 e. The highest BCUT2D eigenvalue weighted by Gasteiger charge is 2.11. The van der Waals surface area contributed by atoms with Crippen molar-refractivity contribution in [1.82, 2.24) is 10.2 Å². The SMILES string of the molecule is CCCCN(CCCC)CCCNCc1cc(Br)c(OCC)c(OC)c1.Cl.Cl. The molecule has 0 fully saturated rings. The van der Waals surface area contributed by atoms with Crippen LogP contribution in [0.1, 0.15) is 58.4 Å². The summed E-state index contributed by atoms with van der Waals surface area (Å²) in [4.78, 5) is 2.62. The van der Waals surface area contributed by atoms with Gasteiger partial charge in [-0.15, -0.1) is 24.8 Å². The maximum atomic E-state index is 5.65. The molecule has 1 aromatic carbocycles. The molecule has 0 saturated heterocycles. The average molecular weight is 502 g/mol. The summed E-state index contributed by atoms with van der Waals surface area (Å²) in [5, 5.41) is 3.56. The molecule has 0 atom stereocenters. The van der Waals surface area contributed by atoms with E-state index in [4.69, 9.17) is 9.47 Å². The van der Waals surface area contributed by atoms with Crippen LogP contribution in [0.5, 0.6) is 11.5 Å². The molecule has 0 unspecified atom stereocenters. The minimum Gasteiger partial charge on any atom is -0.493 e. The maximum absolute atomic E-state index is 5.65. The first-order valence-electron chi connectivity index (χ1n) is 10.1. The Bertz CT molecular complexity index is 500. The Morgan fingerprint density at radius 2 is 1.57 bits per heavy atom. The quantitative estimate of drug-likeness (QED) is 0.295. The van der Waals surface area contributed by atoms with E-state index in [1.165, 1.54) is 57.3 Å². The Hall–Kier alpha value is -0.200. The molecule has 0 saturated carbocycles. The molecule has 0 aliphatic rings. The molecule has 4 nitrogen and oxygen atoms in total. The van der Waals surface area contributed by atoms with E-state index in [1.807, 2.05) is 6.92 Å². The van der Waals surface area contributed by atoms with Crippen LogP contribution in [0.4, 0.5) is 0 Å². The third-order valence-electron chi connectivity index (χ3n) is 4.39. The van der Waals surface area contributed by atoms with Crippen LogP contribution >= 0.6 is 40.7 Å². The zero-order chi connectivity index (χ0) is 19.2. The first kappa shape index (κ1) is 30.0. The first-order valence-corrected chi connectivity index (χ1v) is 10.9. The number of unbranched alkanes of at least 4 members (excludes halogenated alkanes) is 2. The monoisotopic (exact) mass is 500 g/mol. The molecule has 166 valence electrons. The number of nitrogens with zero attached hydrogens (tertiary/aromatic N) is 1. The lowest BCUT2D eigenvalue weighted by Gasteiger charge is -2.22. The number of rotatable bonds is 15. The minimum atomic E-state index is 0. The van der Waals surface area contributed by atoms with Gasteiger partial charge in [0.2, 0.25) is 0 Å². The normalized spacial score (nSPS) is 10.4. The van der Waals surface area contributed by atoms with Gasteiger partial charge in [0.25, 0.3) is 0 Å². The van der Waals surface area contributed by atoms with E-state index in [1.54, 1.807) is 7.11 Å². The molecule has 1 aromatic rings. The lowest BCUT2D eigenvalue weighted by Crippen LogP contribution is -2.29. The van der Waals surface area contributed by atoms with Crippen LogP contribution in [-0.2, 0) is 6.54 Å². The van der Waals surface area contributed by atoms with Gasteiger partial charge in [-0.1, -0.05) is 26.7 Å². The van der Waals surface area contributed by atoms with E-state index in [0.717, 1.165) is 29.1 Å². The first-order chi connectivity index (χ1) is 12.7. The highest BCUT2D eigenvalue weighted by Crippen LogP contribution is 2.36. The summed E-state index contributed by atoms with van der Waals surface area (Å²) in [6, 6.07) is 4.16. The standard InChI is InChI=1S/C21H37BrN2O2.2ClH/c1-5-8-12-24(13-9-6-2)14-10-11-23-17-18-15-19(22)21(26-7-3)20(16-18)25-4;;/h15-16,23H,5-14,17H2,1-4H3;2*1H. The van der Waals surface area contributed by atoms with Crippen molar-refractivity contribution in [2.24, 2.45) is 0 Å². The number of halogens is 3. The molecule has 0 aliphatic carbocycles. The molecule has 1 rings (SSSR count). The van der Waals surface area contributed by atoms with Crippen molar-refractivity contribution in [3.8, 4) is 11.5 Å². The molecule has 0 aliphatic heterocycles. The second kappa shape index (κ2) is 18.8. The summed E-state index contributed by atoms with van der Waals surface area (Å²) in [5.74, 6) is 1.56. The summed E-state index contributed by atoms with van der Waals surface area (Å²) in [6.07, 6.45) is 6.34. The van der Waals surface area contributed by atoms with E-state index in [9.17, 15) is 0 Å². The zero-order valence-electron chi connectivity index (χ0n) is 17.9. The highest BCUT2D eigenvalue weighted by molar-refractivity contribution is 9.10. The predicted molar refractivity (Wildman–Crippen MR) is 129 cm³/mol. The Balaban J connectivity index is 0. The van der Waals surface area contributed by atoms with Crippen molar-refractivity contribution >= 4 is 40.7 Å². The molecule has 0 bridgehead atoms. The lowest BCUT2D eigenvalue weighted by atomic mass is 10.2. The average Bonchev–Trinajstić information content (AvgIpc) is 2.64. The van der Waals surface area contributed by atoms with E-state index in [2.05, 4.69) is 52.1 Å². The molecular weight excluding hydrogens is 463 g/mol. The third kappa shape index (κ3) is 11.7. The summed E-state index contributed by atoms with van der Waals surface area (Å²) < 4.78 is 12.1. The van der Waals surface area contributed by atoms with E-state index < -0.39 is 0 Å².